The van der Waals surface area contributed by atoms with Crippen molar-refractivity contribution in [2.75, 3.05) is 11.7 Å². The molecule has 2 N–H and O–H groups in total. The van der Waals surface area contributed by atoms with Gasteiger partial charge in [-0.2, -0.15) is 0 Å². The first-order valence-electron chi connectivity index (χ1n) is 5.35. The lowest BCUT2D eigenvalue weighted by Gasteiger charge is -2.15. The second kappa shape index (κ2) is 7.52. The predicted molar refractivity (Wildman–Crippen MR) is 59.2 cm³/mol. The maximum Gasteiger partial charge on any atom is 0.256 e. The van der Waals surface area contributed by atoms with Crippen molar-refractivity contribution < 1.29 is 36.7 Å². The van der Waals surface area contributed by atoms with Gasteiger partial charge in [-0.3, -0.25) is 0 Å². The fourth-order valence-electron chi connectivity index (χ4n) is 1.28. The summed E-state index contributed by atoms with van der Waals surface area (Å²) in [6.07, 6.45) is 0.0850. The van der Waals surface area contributed by atoms with Crippen LogP contribution in [-0.4, -0.2) is 33.0 Å². The largest absolute Gasteiger partial charge is 0.372 e. The molecule has 0 saturated carbocycles. The van der Waals surface area contributed by atoms with E-state index in [0.29, 0.717) is 0 Å². The first-order valence-corrected chi connectivity index (χ1v) is 6.47. The van der Waals surface area contributed by atoms with E-state index in [1.165, 1.54) is 0 Å². The monoisotopic (exact) mass is 315 g/mol. The summed E-state index contributed by atoms with van der Waals surface area (Å²) in [5.41, 5.74) is -1.05. The maximum absolute atomic E-state index is 13.5. The fraction of sp³-hybridized carbons (Fsp3) is 0.400. The van der Waals surface area contributed by atoms with Crippen LogP contribution in [0.1, 0.15) is 6.42 Å². The van der Waals surface area contributed by atoms with Crippen LogP contribution < -0.4 is 5.12 Å². The molecule has 1 rings (SSSR count). The number of nitrogens with zero attached hydrogens (tertiary/aromatic N) is 1. The lowest BCUT2D eigenvalue weighted by Crippen LogP contribution is -2.18. The van der Waals surface area contributed by atoms with Crippen molar-refractivity contribution in [1.82, 2.24) is 0 Å². The van der Waals surface area contributed by atoms with Crippen LogP contribution in [-0.2, 0) is 4.43 Å². The molecule has 2 radical (unpaired) electrons. The van der Waals surface area contributed by atoms with Gasteiger partial charge in [0, 0.05) is 6.07 Å². The van der Waals surface area contributed by atoms with Crippen LogP contribution in [0.2, 0.25) is 6.04 Å². The lowest BCUT2D eigenvalue weighted by molar-refractivity contribution is -0.180. The molecule has 0 aliphatic rings. The van der Waals surface area contributed by atoms with E-state index in [-0.39, 0.29) is 33.4 Å². The number of hydrogen-bond donors (Lipinski definition) is 2. The van der Waals surface area contributed by atoms with Crippen molar-refractivity contribution in [3.05, 3.63) is 29.3 Å². The minimum Gasteiger partial charge on any atom is -0.372 e. The van der Waals surface area contributed by atoms with Crippen molar-refractivity contribution in [3.63, 3.8) is 0 Å². The molecule has 0 bridgehead atoms. The standard InChI is InChI=1S/C10H10F5NO3Si/c11-5-4-6(8(13)9(14)7(5)12)16(15)2-1-3-20-19-10(17)18/h4,10,17-18H,1-3H2. The van der Waals surface area contributed by atoms with Gasteiger partial charge in [-0.15, -0.1) is 0 Å². The summed E-state index contributed by atoms with van der Waals surface area (Å²) in [5, 5.41) is 16.4. The molecule has 0 saturated heterocycles. The van der Waals surface area contributed by atoms with Crippen LogP contribution in [0, 0.1) is 23.3 Å². The smallest absolute Gasteiger partial charge is 0.256 e. The van der Waals surface area contributed by atoms with Crippen LogP contribution >= 0.6 is 0 Å². The zero-order valence-electron chi connectivity index (χ0n) is 9.92. The molecule has 0 heterocycles. The topological polar surface area (TPSA) is 52.9 Å². The third kappa shape index (κ3) is 4.40. The van der Waals surface area contributed by atoms with Gasteiger partial charge in [0.15, 0.2) is 23.3 Å². The van der Waals surface area contributed by atoms with Crippen molar-refractivity contribution >= 4 is 15.5 Å². The number of benzene rings is 1. The van der Waals surface area contributed by atoms with Gasteiger partial charge < -0.3 is 14.6 Å². The number of aliphatic hydroxyl groups excluding tert-OH is 1. The highest BCUT2D eigenvalue weighted by Crippen LogP contribution is 2.26. The third-order valence-corrected chi connectivity index (χ3v) is 3.10. The van der Waals surface area contributed by atoms with Crippen LogP contribution in [0.3, 0.4) is 0 Å². The Bertz CT molecular complexity index is 463. The number of hydrogen-bond acceptors (Lipinski definition) is 4. The minimum absolute atomic E-state index is 0.0850. The first-order chi connectivity index (χ1) is 9.34. The Morgan fingerprint density at radius 3 is 2.40 bits per heavy atom. The summed E-state index contributed by atoms with van der Waals surface area (Å²) in [6.45, 7) is -2.37. The summed E-state index contributed by atoms with van der Waals surface area (Å²) >= 11 is 0. The normalized spacial score (nSPS) is 11.2. The summed E-state index contributed by atoms with van der Waals surface area (Å²) in [7, 11) is -0.335. The second-order valence-corrected chi connectivity index (χ2v) is 4.62. The Morgan fingerprint density at radius 2 is 1.80 bits per heavy atom. The molecular formula is C10H10F5NO3Si. The van der Waals surface area contributed by atoms with Crippen LogP contribution in [0.15, 0.2) is 6.07 Å². The molecule has 20 heavy (non-hydrogen) atoms. The van der Waals surface area contributed by atoms with Crippen molar-refractivity contribution in [2.24, 2.45) is 0 Å². The molecule has 0 amide bonds. The molecule has 0 aliphatic carbocycles. The molecule has 0 aliphatic heterocycles. The summed E-state index contributed by atoms with van der Waals surface area (Å²) in [5.74, 6) is -7.62. The van der Waals surface area contributed by atoms with E-state index in [1.807, 2.05) is 0 Å². The van der Waals surface area contributed by atoms with Gasteiger partial charge in [-0.1, -0.05) is 4.48 Å². The molecule has 4 nitrogen and oxygen atoms in total. The highest BCUT2D eigenvalue weighted by atomic mass is 28.2. The Balaban J connectivity index is 2.58. The fourth-order valence-corrected chi connectivity index (χ4v) is 1.85. The lowest BCUT2D eigenvalue weighted by atomic mass is 10.2. The second-order valence-electron chi connectivity index (χ2n) is 3.60. The molecule has 0 fully saturated rings. The zero-order valence-corrected chi connectivity index (χ0v) is 10.9. The van der Waals surface area contributed by atoms with E-state index in [0.717, 1.165) is 0 Å². The highest BCUT2D eigenvalue weighted by Gasteiger charge is 2.22. The van der Waals surface area contributed by atoms with E-state index < -0.39 is 42.0 Å². The molecule has 1 aromatic carbocycles. The van der Waals surface area contributed by atoms with Crippen LogP contribution in [0.5, 0.6) is 0 Å². The molecular weight excluding hydrogens is 305 g/mol. The van der Waals surface area contributed by atoms with Gasteiger partial charge >= 0.3 is 0 Å². The molecule has 0 atom stereocenters. The molecule has 112 valence electrons. The van der Waals surface area contributed by atoms with Gasteiger partial charge in [0.05, 0.1) is 6.54 Å². The Labute approximate surface area is 113 Å². The number of aliphatic hydroxyl groups is 2. The first kappa shape index (κ1) is 16.8. The quantitative estimate of drug-likeness (QED) is 0.153. The van der Waals surface area contributed by atoms with Crippen molar-refractivity contribution in [1.29, 1.82) is 0 Å². The van der Waals surface area contributed by atoms with Crippen LogP contribution in [0.25, 0.3) is 0 Å². The summed E-state index contributed by atoms with van der Waals surface area (Å²) in [4.78, 5) is 0. The highest BCUT2D eigenvalue weighted by molar-refractivity contribution is 6.27. The molecule has 0 spiro atoms. The van der Waals surface area contributed by atoms with E-state index in [9.17, 15) is 22.0 Å². The predicted octanol–water partition coefficient (Wildman–Crippen LogP) is 1.65. The SMILES string of the molecule is OC(O)O[Si]CCCN(F)c1cc(F)c(F)c(F)c1F. The van der Waals surface area contributed by atoms with E-state index in [2.05, 4.69) is 4.43 Å². The van der Waals surface area contributed by atoms with Gasteiger partial charge in [0.1, 0.15) is 5.69 Å². The Hall–Kier alpha value is -1.23. The Morgan fingerprint density at radius 1 is 1.15 bits per heavy atom. The number of rotatable bonds is 7. The van der Waals surface area contributed by atoms with Gasteiger partial charge in [-0.05, 0) is 12.5 Å². The van der Waals surface area contributed by atoms with Crippen molar-refractivity contribution in [3.8, 4) is 0 Å². The van der Waals surface area contributed by atoms with Crippen molar-refractivity contribution in [2.45, 2.75) is 18.9 Å². The average Bonchev–Trinajstić information content (AvgIpc) is 2.39. The molecule has 10 heteroatoms. The zero-order chi connectivity index (χ0) is 15.3. The van der Waals surface area contributed by atoms with Gasteiger partial charge in [0.2, 0.25) is 9.76 Å². The van der Waals surface area contributed by atoms with E-state index in [4.69, 9.17) is 10.2 Å². The van der Waals surface area contributed by atoms with E-state index >= 15 is 0 Å². The molecule has 1 aromatic rings. The summed E-state index contributed by atoms with van der Waals surface area (Å²) in [6, 6.07) is 0.426. The van der Waals surface area contributed by atoms with Gasteiger partial charge in [-0.25, -0.2) is 22.7 Å². The third-order valence-electron chi connectivity index (χ3n) is 2.17. The Kier molecular flexibility index (Phi) is 6.33. The van der Waals surface area contributed by atoms with Crippen LogP contribution in [0.4, 0.5) is 27.7 Å². The number of anilines is 1. The molecule has 0 aromatic heterocycles. The summed E-state index contributed by atoms with van der Waals surface area (Å²) < 4.78 is 69.5. The number of halogens is 5. The van der Waals surface area contributed by atoms with E-state index in [1.54, 1.807) is 0 Å². The minimum atomic E-state index is -2.09. The average molecular weight is 315 g/mol. The van der Waals surface area contributed by atoms with Gasteiger partial charge in [0.25, 0.3) is 6.48 Å². The maximum atomic E-state index is 13.5. The molecule has 0 unspecified atom stereocenters.